The van der Waals surface area contributed by atoms with E-state index in [1.807, 2.05) is 0 Å². The predicted molar refractivity (Wildman–Crippen MR) is 59.3 cm³/mol. The van der Waals surface area contributed by atoms with Gasteiger partial charge in [-0.25, -0.2) is 0 Å². The zero-order chi connectivity index (χ0) is 13.1. The van der Waals surface area contributed by atoms with Gasteiger partial charge in [-0.1, -0.05) is 0 Å². The molecule has 2 fully saturated rings. The summed E-state index contributed by atoms with van der Waals surface area (Å²) in [5.74, 6) is -0.684. The van der Waals surface area contributed by atoms with Gasteiger partial charge in [0.05, 0.1) is 12.2 Å². The molecule has 0 N–H and O–H groups in total. The van der Waals surface area contributed by atoms with Crippen molar-refractivity contribution in [1.29, 1.82) is 0 Å². The van der Waals surface area contributed by atoms with Crippen molar-refractivity contribution in [2.75, 3.05) is 0 Å². The fourth-order valence-corrected chi connectivity index (χ4v) is 2.35. The molecule has 6 nitrogen and oxygen atoms in total. The van der Waals surface area contributed by atoms with Gasteiger partial charge in [-0.05, 0) is 12.8 Å². The van der Waals surface area contributed by atoms with Gasteiger partial charge in [-0.15, -0.1) is 0 Å². The quantitative estimate of drug-likeness (QED) is 0.706. The molecule has 2 heterocycles. The van der Waals surface area contributed by atoms with Crippen LogP contribution in [0.1, 0.15) is 39.5 Å². The Morgan fingerprint density at radius 1 is 0.833 bits per heavy atom. The largest absolute Gasteiger partial charge is 0.436 e. The summed E-state index contributed by atoms with van der Waals surface area (Å²) in [6.07, 6.45) is 1.83. The fourth-order valence-electron chi connectivity index (χ4n) is 2.35. The van der Waals surface area contributed by atoms with Crippen molar-refractivity contribution in [3.63, 3.8) is 0 Å². The third-order valence-corrected chi connectivity index (χ3v) is 3.04. The van der Waals surface area contributed by atoms with Crippen molar-refractivity contribution in [3.8, 4) is 0 Å². The molecule has 0 aliphatic carbocycles. The molecular weight excluding hydrogens is 240 g/mol. The first kappa shape index (κ1) is 13.3. The minimum Gasteiger partial charge on any atom is -0.436 e. The Labute approximate surface area is 106 Å². The number of esters is 2. The van der Waals surface area contributed by atoms with E-state index in [1.165, 1.54) is 13.8 Å². The van der Waals surface area contributed by atoms with Crippen molar-refractivity contribution in [2.24, 2.45) is 0 Å². The van der Waals surface area contributed by atoms with Crippen LogP contribution in [0.3, 0.4) is 0 Å². The van der Waals surface area contributed by atoms with E-state index in [1.54, 1.807) is 0 Å². The minimum absolute atomic E-state index is 0.0880. The lowest BCUT2D eigenvalue weighted by Gasteiger charge is -2.19. The van der Waals surface area contributed by atoms with Crippen LogP contribution >= 0.6 is 0 Å². The van der Waals surface area contributed by atoms with E-state index in [-0.39, 0.29) is 24.1 Å². The lowest BCUT2D eigenvalue weighted by atomic mass is 10.1. The smallest absolute Gasteiger partial charge is 0.304 e. The third kappa shape index (κ3) is 3.43. The zero-order valence-corrected chi connectivity index (χ0v) is 10.6. The zero-order valence-electron chi connectivity index (χ0n) is 10.6. The summed E-state index contributed by atoms with van der Waals surface area (Å²) in [6, 6.07) is 0. The first-order chi connectivity index (χ1) is 8.54. The summed E-state index contributed by atoms with van der Waals surface area (Å²) in [7, 11) is 0. The number of hydrogen-bond acceptors (Lipinski definition) is 6. The Hall–Kier alpha value is -1.14. The molecule has 0 saturated carbocycles. The van der Waals surface area contributed by atoms with Crippen LogP contribution in [0.5, 0.6) is 0 Å². The second kappa shape index (κ2) is 5.67. The molecule has 0 bridgehead atoms. The van der Waals surface area contributed by atoms with Crippen molar-refractivity contribution in [1.82, 2.24) is 0 Å². The maximum Gasteiger partial charge on any atom is 0.304 e. The van der Waals surface area contributed by atoms with Gasteiger partial charge >= 0.3 is 11.9 Å². The molecule has 2 unspecified atom stereocenters. The average Bonchev–Trinajstić information content (AvgIpc) is 2.85. The van der Waals surface area contributed by atoms with E-state index < -0.39 is 12.6 Å². The molecule has 0 amide bonds. The number of rotatable bonds is 3. The monoisotopic (exact) mass is 258 g/mol. The minimum atomic E-state index is -0.469. The summed E-state index contributed by atoms with van der Waals surface area (Å²) in [5, 5.41) is 0. The molecule has 6 heteroatoms. The summed E-state index contributed by atoms with van der Waals surface area (Å²) in [5.41, 5.74) is 0. The summed E-state index contributed by atoms with van der Waals surface area (Å²) < 4.78 is 21.2. The topological polar surface area (TPSA) is 71.1 Å². The van der Waals surface area contributed by atoms with Crippen LogP contribution in [0, 0.1) is 0 Å². The van der Waals surface area contributed by atoms with Gasteiger partial charge in [0.2, 0.25) is 12.6 Å². The number of hydrogen-bond donors (Lipinski definition) is 0. The number of carbonyl (C=O) groups excluding carboxylic acids is 2. The Balaban J connectivity index is 1.77. The van der Waals surface area contributed by atoms with Crippen LogP contribution in [-0.4, -0.2) is 36.7 Å². The molecule has 0 aromatic carbocycles. The molecule has 0 aromatic rings. The van der Waals surface area contributed by atoms with E-state index in [0.717, 1.165) is 12.8 Å². The van der Waals surface area contributed by atoms with Crippen LogP contribution in [-0.2, 0) is 28.5 Å². The standard InChI is InChI=1S/C12H18O6/c1-7(13)15-11-5-3-9(17-11)10-4-6-12(18-10)16-8(2)14/h9-12H,3-6H2,1-2H3/t9-,10-,11?,12?/m1/s1. The van der Waals surface area contributed by atoms with E-state index >= 15 is 0 Å². The van der Waals surface area contributed by atoms with Crippen molar-refractivity contribution in [2.45, 2.75) is 64.3 Å². The van der Waals surface area contributed by atoms with Gasteiger partial charge in [0, 0.05) is 26.7 Å². The Kier molecular flexibility index (Phi) is 4.19. The van der Waals surface area contributed by atoms with E-state index in [0.29, 0.717) is 12.8 Å². The van der Waals surface area contributed by atoms with Crippen LogP contribution in [0.15, 0.2) is 0 Å². The number of carbonyl (C=O) groups is 2. The van der Waals surface area contributed by atoms with Crippen LogP contribution < -0.4 is 0 Å². The molecular formula is C12H18O6. The van der Waals surface area contributed by atoms with Crippen molar-refractivity contribution >= 4 is 11.9 Å². The summed E-state index contributed by atoms with van der Waals surface area (Å²) >= 11 is 0. The molecule has 2 aliphatic heterocycles. The predicted octanol–water partition coefficient (Wildman–Crippen LogP) is 1.12. The second-order valence-corrected chi connectivity index (χ2v) is 4.58. The number of ether oxygens (including phenoxy) is 4. The molecule has 0 spiro atoms. The first-order valence-electron chi connectivity index (χ1n) is 6.20. The lowest BCUT2D eigenvalue weighted by Crippen LogP contribution is -2.28. The fraction of sp³-hybridized carbons (Fsp3) is 0.833. The van der Waals surface area contributed by atoms with Gasteiger partial charge in [0.25, 0.3) is 0 Å². The van der Waals surface area contributed by atoms with E-state index in [2.05, 4.69) is 0 Å². The van der Waals surface area contributed by atoms with Gasteiger partial charge in [0.1, 0.15) is 0 Å². The van der Waals surface area contributed by atoms with Crippen molar-refractivity contribution in [3.05, 3.63) is 0 Å². The third-order valence-electron chi connectivity index (χ3n) is 3.04. The Morgan fingerprint density at radius 3 is 1.56 bits per heavy atom. The molecule has 2 rings (SSSR count). The van der Waals surface area contributed by atoms with Crippen LogP contribution in [0.4, 0.5) is 0 Å². The Morgan fingerprint density at radius 2 is 1.22 bits per heavy atom. The highest BCUT2D eigenvalue weighted by Crippen LogP contribution is 2.32. The lowest BCUT2D eigenvalue weighted by molar-refractivity contribution is -0.197. The van der Waals surface area contributed by atoms with E-state index in [9.17, 15) is 9.59 Å². The maximum atomic E-state index is 10.8. The highest BCUT2D eigenvalue weighted by Gasteiger charge is 2.39. The molecule has 4 atom stereocenters. The van der Waals surface area contributed by atoms with Crippen LogP contribution in [0.25, 0.3) is 0 Å². The SMILES string of the molecule is CC(=O)OC1CC[C@H]([C@H]2CCC(OC(C)=O)O2)O1. The second-order valence-electron chi connectivity index (χ2n) is 4.58. The van der Waals surface area contributed by atoms with Gasteiger partial charge in [0.15, 0.2) is 0 Å². The molecule has 2 saturated heterocycles. The highest BCUT2D eigenvalue weighted by molar-refractivity contribution is 5.66. The molecule has 18 heavy (non-hydrogen) atoms. The molecule has 102 valence electrons. The van der Waals surface area contributed by atoms with Crippen LogP contribution in [0.2, 0.25) is 0 Å². The van der Waals surface area contributed by atoms with E-state index in [4.69, 9.17) is 18.9 Å². The first-order valence-corrected chi connectivity index (χ1v) is 6.20. The van der Waals surface area contributed by atoms with Crippen molar-refractivity contribution < 1.29 is 28.5 Å². The molecule has 0 radical (unpaired) electrons. The summed E-state index contributed by atoms with van der Waals surface area (Å²) in [6.45, 7) is 2.72. The highest BCUT2D eigenvalue weighted by atomic mass is 16.7. The molecule has 0 aromatic heterocycles. The Bertz CT molecular complexity index is 297. The summed E-state index contributed by atoms with van der Waals surface area (Å²) in [4.78, 5) is 21.6. The van der Waals surface area contributed by atoms with Gasteiger partial charge < -0.3 is 18.9 Å². The van der Waals surface area contributed by atoms with Gasteiger partial charge in [-0.3, -0.25) is 9.59 Å². The normalized spacial score (nSPS) is 35.4. The van der Waals surface area contributed by atoms with Gasteiger partial charge in [-0.2, -0.15) is 0 Å². The molecule has 2 aliphatic rings. The maximum absolute atomic E-state index is 10.8. The average molecular weight is 258 g/mol.